The van der Waals surface area contributed by atoms with Gasteiger partial charge in [-0.15, -0.1) is 6.58 Å². The summed E-state index contributed by atoms with van der Waals surface area (Å²) in [5.41, 5.74) is 3.21. The zero-order valence-electron chi connectivity index (χ0n) is 39.6. The molecular weight excluding hydrogens is 843 g/mol. The quantitative estimate of drug-likeness (QED) is 0.0422. The lowest BCUT2D eigenvalue weighted by Crippen LogP contribution is -2.70. The highest BCUT2D eigenvalue weighted by molar-refractivity contribution is 6.03. The lowest BCUT2D eigenvalue weighted by Gasteiger charge is -2.59. The molecule has 2 aliphatic carbocycles. The molecule has 14 nitrogen and oxygen atoms in total. The zero-order chi connectivity index (χ0) is 46.7. The molecular formula is C52H75N3O11. The average molecular weight is 918 g/mol. The summed E-state index contributed by atoms with van der Waals surface area (Å²) in [7, 11) is 1.53. The van der Waals surface area contributed by atoms with Crippen LogP contribution in [0.15, 0.2) is 65.9 Å². The van der Waals surface area contributed by atoms with Crippen LogP contribution in [0.1, 0.15) is 140 Å². The Morgan fingerprint density at radius 2 is 1.61 bits per heavy atom. The van der Waals surface area contributed by atoms with Gasteiger partial charge in [-0.3, -0.25) is 4.90 Å². The number of nitrogens with one attached hydrogen (secondary N) is 1. The Kier molecular flexibility index (Phi) is 19.9. The van der Waals surface area contributed by atoms with Crippen LogP contribution in [0, 0.1) is 17.8 Å². The van der Waals surface area contributed by atoms with Crippen LogP contribution in [0.2, 0.25) is 0 Å². The van der Waals surface area contributed by atoms with Gasteiger partial charge >= 0.3 is 12.2 Å². The van der Waals surface area contributed by atoms with Crippen molar-refractivity contribution in [1.29, 1.82) is 0 Å². The highest BCUT2D eigenvalue weighted by atomic mass is 16.7. The van der Waals surface area contributed by atoms with E-state index in [0.29, 0.717) is 48.1 Å². The molecule has 2 aliphatic heterocycles. The van der Waals surface area contributed by atoms with Crippen molar-refractivity contribution in [2.45, 2.75) is 147 Å². The molecule has 66 heavy (non-hydrogen) atoms. The van der Waals surface area contributed by atoms with Gasteiger partial charge in [-0.1, -0.05) is 101 Å². The third kappa shape index (κ3) is 12.6. The highest BCUT2D eigenvalue weighted by Crippen LogP contribution is 2.62. The fourth-order valence-corrected chi connectivity index (χ4v) is 10.5. The fourth-order valence-electron chi connectivity index (χ4n) is 10.5. The van der Waals surface area contributed by atoms with Crippen molar-refractivity contribution >= 4 is 17.9 Å². The number of amides is 2. The molecule has 3 N–H and O–H groups in total. The maximum atomic E-state index is 15.0. The number of aliphatic hydroxyl groups is 2. The van der Waals surface area contributed by atoms with Gasteiger partial charge in [-0.25, -0.2) is 9.59 Å². The van der Waals surface area contributed by atoms with Crippen molar-refractivity contribution in [3.8, 4) is 23.0 Å². The van der Waals surface area contributed by atoms with Gasteiger partial charge in [-0.2, -0.15) is 0 Å². The number of carbonyl (C=O) groups excluding carboxylic acids is 2. The molecule has 4 aliphatic rings. The van der Waals surface area contributed by atoms with Gasteiger partial charge < -0.3 is 48.8 Å². The first-order valence-electron chi connectivity index (χ1n) is 24.7. The Balaban J connectivity index is 1.43. The maximum absolute atomic E-state index is 15.0. The lowest BCUT2D eigenvalue weighted by atomic mass is 9.55. The van der Waals surface area contributed by atoms with Crippen molar-refractivity contribution in [3.63, 3.8) is 0 Å². The van der Waals surface area contributed by atoms with E-state index in [1.165, 1.54) is 52.1 Å². The van der Waals surface area contributed by atoms with E-state index < -0.39 is 29.9 Å². The molecule has 2 aromatic rings. The van der Waals surface area contributed by atoms with Gasteiger partial charge in [0.2, 0.25) is 12.6 Å². The largest absolute Gasteiger partial charge is 0.459 e. The van der Waals surface area contributed by atoms with Crippen molar-refractivity contribution in [1.82, 2.24) is 10.2 Å². The predicted octanol–water partition coefficient (Wildman–Crippen LogP) is 10.3. The van der Waals surface area contributed by atoms with Crippen LogP contribution in [0.4, 0.5) is 9.59 Å². The van der Waals surface area contributed by atoms with E-state index in [-0.39, 0.29) is 63.9 Å². The van der Waals surface area contributed by atoms with Crippen LogP contribution in [-0.4, -0.2) is 91.7 Å². The van der Waals surface area contributed by atoms with Gasteiger partial charge in [0, 0.05) is 44.2 Å². The minimum absolute atomic E-state index is 0.00814. The molecule has 6 rings (SSSR count). The minimum Gasteiger partial charge on any atom is -0.459 e. The van der Waals surface area contributed by atoms with Gasteiger partial charge in [0.25, 0.3) is 0 Å². The number of hydrogen-bond acceptors (Lipinski definition) is 12. The minimum atomic E-state index is -1.50. The summed E-state index contributed by atoms with van der Waals surface area (Å²) in [6.07, 6.45) is 19.1. The Morgan fingerprint density at radius 1 is 0.894 bits per heavy atom. The first kappa shape index (κ1) is 50.6. The number of hydrogen-bond donors (Lipinski definition) is 3. The second-order valence-corrected chi connectivity index (χ2v) is 18.0. The summed E-state index contributed by atoms with van der Waals surface area (Å²) < 4.78 is 37.9. The number of aliphatic hydroxyl groups excluding tert-OH is 2. The van der Waals surface area contributed by atoms with Gasteiger partial charge in [0.15, 0.2) is 11.5 Å². The first-order chi connectivity index (χ1) is 32.3. The van der Waals surface area contributed by atoms with Crippen LogP contribution in [-0.2, 0) is 20.9 Å². The van der Waals surface area contributed by atoms with E-state index >= 15 is 0 Å². The summed E-state index contributed by atoms with van der Waals surface area (Å²) in [6.45, 7) is 9.29. The second kappa shape index (κ2) is 25.9. The summed E-state index contributed by atoms with van der Waals surface area (Å²) >= 11 is 0. The standard InChI is InChI=1S/C52H75N3O11/c1-5-8-9-10-11-12-13-14-15-20-30-61-51(59)55(35-37-23-25-45-46(31-37)63-36-62-45)47-34-43(54-60-4)41-32-38(21-16-18-27-56)40(22-17-19-28-57)48-42-33-39(65-50(58)53-7-3)24-26-44(42)66-52(47,49(41)48)64-29-6-2/h6,23-26,31-33,38,40,47-49,56-57H,2,5,7-22,27-30,34-36H2,1,3-4H3,(H,53,58)/t38-,40+,47-,48+,49+,52+/m0/s1. The number of rotatable bonds is 28. The monoisotopic (exact) mass is 918 g/mol. The Hall–Kier alpha value is -4.79. The third-order valence-corrected chi connectivity index (χ3v) is 13.5. The molecule has 0 radical (unpaired) electrons. The molecule has 1 fully saturated rings. The number of benzene rings is 2. The molecule has 0 unspecified atom stereocenters. The van der Waals surface area contributed by atoms with Gasteiger partial charge in [0.1, 0.15) is 24.7 Å². The van der Waals surface area contributed by atoms with Crippen LogP contribution >= 0.6 is 0 Å². The molecule has 0 spiro atoms. The van der Waals surface area contributed by atoms with Crippen LogP contribution in [0.25, 0.3) is 0 Å². The normalized spacial score (nSPS) is 23.0. The van der Waals surface area contributed by atoms with Crippen LogP contribution in [0.5, 0.6) is 23.0 Å². The summed E-state index contributed by atoms with van der Waals surface area (Å²) in [6, 6.07) is 10.3. The number of allylic oxidation sites excluding steroid dienone is 1. The molecule has 0 bridgehead atoms. The fraction of sp³-hybridized carbons (Fsp3) is 0.635. The van der Waals surface area contributed by atoms with Gasteiger partial charge in [-0.05, 0) is 92.3 Å². The SMILES string of the molecule is C=CCO[C@@]12Oc3ccc(OC(=O)NCC)cc3[C@H]3[C@H](CCCCO)[C@@H](CCCCO)C=C(C(=NOC)C[C@@H]1N(Cc1ccc4c(c1)OCO4)C(=O)OCCCCCCCCCCCC)[C@H]32. The lowest BCUT2D eigenvalue weighted by molar-refractivity contribution is -0.256. The second-order valence-electron chi connectivity index (χ2n) is 18.0. The maximum Gasteiger partial charge on any atom is 0.412 e. The van der Waals surface area contributed by atoms with E-state index in [0.717, 1.165) is 61.6 Å². The number of nitrogens with zero attached hydrogens (tertiary/aromatic N) is 2. The Bertz CT molecular complexity index is 1940. The number of ether oxygens (including phenoxy) is 6. The average Bonchev–Trinajstić information content (AvgIpc) is 3.79. The summed E-state index contributed by atoms with van der Waals surface area (Å²) in [4.78, 5) is 35.1. The van der Waals surface area contributed by atoms with Crippen molar-refractivity contribution < 1.29 is 53.1 Å². The molecule has 0 aromatic heterocycles. The zero-order valence-corrected chi connectivity index (χ0v) is 39.6. The Labute approximate surface area is 392 Å². The number of fused-ring (bicyclic) bond motifs is 3. The van der Waals surface area contributed by atoms with E-state index in [9.17, 15) is 19.8 Å². The van der Waals surface area contributed by atoms with Crippen LogP contribution < -0.4 is 24.3 Å². The first-order valence-corrected chi connectivity index (χ1v) is 24.7. The smallest absolute Gasteiger partial charge is 0.412 e. The van der Waals surface area contributed by atoms with E-state index in [4.69, 9.17) is 38.4 Å². The number of carbonyl (C=O) groups is 2. The number of oxime groups is 1. The van der Waals surface area contributed by atoms with E-state index in [1.807, 2.05) is 37.3 Å². The topological polar surface area (TPSA) is 167 Å². The van der Waals surface area contributed by atoms with E-state index in [1.54, 1.807) is 17.0 Å². The van der Waals surface area contributed by atoms with Crippen molar-refractivity contribution in [2.24, 2.45) is 22.9 Å². The number of unbranched alkanes of at least 4 members (excludes halogenated alkanes) is 11. The molecule has 2 heterocycles. The molecule has 1 saturated carbocycles. The van der Waals surface area contributed by atoms with Crippen molar-refractivity contribution in [3.05, 3.63) is 71.8 Å². The molecule has 0 saturated heterocycles. The van der Waals surface area contributed by atoms with Crippen LogP contribution in [0.3, 0.4) is 0 Å². The third-order valence-electron chi connectivity index (χ3n) is 13.5. The summed E-state index contributed by atoms with van der Waals surface area (Å²) in [5, 5.41) is 27.3. The summed E-state index contributed by atoms with van der Waals surface area (Å²) in [5.74, 6) is -0.164. The van der Waals surface area contributed by atoms with Crippen molar-refractivity contribution in [2.75, 3.05) is 46.9 Å². The predicted molar refractivity (Wildman–Crippen MR) is 253 cm³/mol. The highest BCUT2D eigenvalue weighted by Gasteiger charge is 2.65. The Morgan fingerprint density at radius 3 is 2.32 bits per heavy atom. The molecule has 6 atom stereocenters. The molecule has 14 heteroatoms. The molecule has 2 amide bonds. The molecule has 2 aromatic carbocycles. The van der Waals surface area contributed by atoms with E-state index in [2.05, 4.69) is 24.9 Å². The van der Waals surface area contributed by atoms with Gasteiger partial charge in [0.05, 0.1) is 24.8 Å². The molecule has 364 valence electrons.